The Kier molecular flexibility index (Phi) is 5.59. The summed E-state index contributed by atoms with van der Waals surface area (Å²) in [5, 5.41) is 2.60. The first-order valence-electron chi connectivity index (χ1n) is 6.98. The standard InChI is InChI=1S/C16H18N4O2/c1-20(10-6-13-4-8-17-9-5-13)15(21)12-19-16(22)14-3-2-7-18-11-14/h2-5,7-9,11H,6,10,12H2,1H3,(H,19,22). The molecule has 1 N–H and O–H groups in total. The summed E-state index contributed by atoms with van der Waals surface area (Å²) in [6, 6.07) is 7.17. The molecule has 2 rings (SSSR count). The lowest BCUT2D eigenvalue weighted by Crippen LogP contribution is -2.39. The van der Waals surface area contributed by atoms with Crippen LogP contribution in [0.2, 0.25) is 0 Å². The van der Waals surface area contributed by atoms with Crippen LogP contribution in [0.3, 0.4) is 0 Å². The number of pyridine rings is 2. The van der Waals surface area contributed by atoms with Crippen LogP contribution in [0.5, 0.6) is 0 Å². The van der Waals surface area contributed by atoms with Gasteiger partial charge in [-0.3, -0.25) is 19.6 Å². The molecule has 6 heteroatoms. The summed E-state index contributed by atoms with van der Waals surface area (Å²) in [4.78, 5) is 33.2. The van der Waals surface area contributed by atoms with Crippen LogP contribution < -0.4 is 5.32 Å². The molecule has 0 fully saturated rings. The fraction of sp³-hybridized carbons (Fsp3) is 0.250. The van der Waals surface area contributed by atoms with Crippen LogP contribution in [0.15, 0.2) is 49.1 Å². The first-order chi connectivity index (χ1) is 10.7. The number of rotatable bonds is 6. The highest BCUT2D eigenvalue weighted by molar-refractivity contribution is 5.96. The zero-order valence-corrected chi connectivity index (χ0v) is 12.4. The molecule has 6 nitrogen and oxygen atoms in total. The molecule has 2 amide bonds. The van der Waals surface area contributed by atoms with Crippen LogP contribution in [0.1, 0.15) is 15.9 Å². The van der Waals surface area contributed by atoms with E-state index in [9.17, 15) is 9.59 Å². The van der Waals surface area contributed by atoms with E-state index in [0.717, 1.165) is 12.0 Å². The van der Waals surface area contributed by atoms with Gasteiger partial charge in [0.05, 0.1) is 12.1 Å². The number of hydrogen-bond donors (Lipinski definition) is 1. The fourth-order valence-corrected chi connectivity index (χ4v) is 1.86. The summed E-state index contributed by atoms with van der Waals surface area (Å²) < 4.78 is 0. The topological polar surface area (TPSA) is 75.2 Å². The number of amides is 2. The van der Waals surface area contributed by atoms with Crippen LogP contribution in [0, 0.1) is 0 Å². The van der Waals surface area contributed by atoms with Crippen molar-refractivity contribution in [2.75, 3.05) is 20.1 Å². The molecule has 22 heavy (non-hydrogen) atoms. The molecule has 2 aromatic heterocycles. The highest BCUT2D eigenvalue weighted by Gasteiger charge is 2.11. The molecule has 2 aromatic rings. The first-order valence-corrected chi connectivity index (χ1v) is 6.98. The Labute approximate surface area is 129 Å². The molecule has 0 saturated heterocycles. The van der Waals surface area contributed by atoms with Crippen molar-refractivity contribution in [2.24, 2.45) is 0 Å². The molecule has 0 aromatic carbocycles. The van der Waals surface area contributed by atoms with E-state index in [4.69, 9.17) is 0 Å². The first kappa shape index (κ1) is 15.6. The smallest absolute Gasteiger partial charge is 0.253 e. The largest absolute Gasteiger partial charge is 0.344 e. The summed E-state index contributed by atoms with van der Waals surface area (Å²) in [5.74, 6) is -0.435. The second-order valence-electron chi connectivity index (χ2n) is 4.85. The Hall–Kier alpha value is -2.76. The lowest BCUT2D eigenvalue weighted by Gasteiger charge is -2.17. The minimum atomic E-state index is -0.302. The third-order valence-corrected chi connectivity index (χ3v) is 3.23. The van der Waals surface area contributed by atoms with Gasteiger partial charge in [-0.2, -0.15) is 0 Å². The molecule has 0 aliphatic rings. The molecule has 2 heterocycles. The van der Waals surface area contributed by atoms with Crippen molar-refractivity contribution >= 4 is 11.8 Å². The molecule has 0 bridgehead atoms. The minimum Gasteiger partial charge on any atom is -0.344 e. The van der Waals surface area contributed by atoms with E-state index in [2.05, 4.69) is 15.3 Å². The number of carbonyl (C=O) groups is 2. The molecular weight excluding hydrogens is 280 g/mol. The van der Waals surface area contributed by atoms with Gasteiger partial charge < -0.3 is 10.2 Å². The second kappa shape index (κ2) is 7.87. The minimum absolute atomic E-state index is 0.0272. The van der Waals surface area contributed by atoms with E-state index in [0.29, 0.717) is 12.1 Å². The molecule has 0 radical (unpaired) electrons. The zero-order valence-electron chi connectivity index (χ0n) is 12.4. The predicted octanol–water partition coefficient (Wildman–Crippen LogP) is 0.907. The van der Waals surface area contributed by atoms with Crippen molar-refractivity contribution in [3.8, 4) is 0 Å². The summed E-state index contributed by atoms with van der Waals surface area (Å²) in [5.41, 5.74) is 1.56. The summed E-state index contributed by atoms with van der Waals surface area (Å²) in [6.45, 7) is 0.562. The quantitative estimate of drug-likeness (QED) is 0.860. The summed E-state index contributed by atoms with van der Waals surface area (Å²) in [6.07, 6.45) is 7.26. The predicted molar refractivity (Wildman–Crippen MR) is 82.1 cm³/mol. The van der Waals surface area contributed by atoms with Crippen LogP contribution in [-0.4, -0.2) is 46.8 Å². The SMILES string of the molecule is CN(CCc1ccncc1)C(=O)CNC(=O)c1cccnc1. The molecule has 0 atom stereocenters. The molecule has 0 spiro atoms. The van der Waals surface area contributed by atoms with Gasteiger partial charge in [0.25, 0.3) is 5.91 Å². The van der Waals surface area contributed by atoms with E-state index < -0.39 is 0 Å². The Morgan fingerprint density at radius 1 is 1.14 bits per heavy atom. The van der Waals surface area contributed by atoms with Crippen LogP contribution in [0.4, 0.5) is 0 Å². The number of nitrogens with one attached hydrogen (secondary N) is 1. The number of nitrogens with zero attached hydrogens (tertiary/aromatic N) is 3. The number of aromatic nitrogens is 2. The zero-order chi connectivity index (χ0) is 15.8. The average Bonchev–Trinajstić information content (AvgIpc) is 2.58. The van der Waals surface area contributed by atoms with Gasteiger partial charge in [-0.05, 0) is 36.2 Å². The lowest BCUT2D eigenvalue weighted by atomic mass is 10.2. The van der Waals surface area contributed by atoms with Gasteiger partial charge in [-0.25, -0.2) is 0 Å². The fourth-order valence-electron chi connectivity index (χ4n) is 1.86. The van der Waals surface area contributed by atoms with Gasteiger partial charge >= 0.3 is 0 Å². The molecule has 0 aliphatic carbocycles. The van der Waals surface area contributed by atoms with Gasteiger partial charge in [0.1, 0.15) is 0 Å². The van der Waals surface area contributed by atoms with Gasteiger partial charge in [-0.15, -0.1) is 0 Å². The maximum Gasteiger partial charge on any atom is 0.253 e. The number of likely N-dealkylation sites (N-methyl/N-ethyl adjacent to an activating group) is 1. The van der Waals surface area contributed by atoms with Crippen molar-refractivity contribution in [1.29, 1.82) is 0 Å². The third-order valence-electron chi connectivity index (χ3n) is 3.23. The van der Waals surface area contributed by atoms with Gasteiger partial charge in [-0.1, -0.05) is 0 Å². The van der Waals surface area contributed by atoms with Crippen molar-refractivity contribution in [2.45, 2.75) is 6.42 Å². The molecular formula is C16H18N4O2. The van der Waals surface area contributed by atoms with Crippen LogP contribution in [0.25, 0.3) is 0 Å². The Morgan fingerprint density at radius 3 is 2.59 bits per heavy atom. The van der Waals surface area contributed by atoms with Crippen LogP contribution in [-0.2, 0) is 11.2 Å². The highest BCUT2D eigenvalue weighted by atomic mass is 16.2. The normalized spacial score (nSPS) is 10.0. The number of carbonyl (C=O) groups excluding carboxylic acids is 2. The number of hydrogen-bond acceptors (Lipinski definition) is 4. The summed E-state index contributed by atoms with van der Waals surface area (Å²) >= 11 is 0. The van der Waals surface area contributed by atoms with E-state index in [-0.39, 0.29) is 18.4 Å². The maximum absolute atomic E-state index is 12.0. The van der Waals surface area contributed by atoms with Crippen molar-refractivity contribution in [3.05, 3.63) is 60.2 Å². The Bertz CT molecular complexity index is 617. The average molecular weight is 298 g/mol. The van der Waals surface area contributed by atoms with Crippen molar-refractivity contribution in [1.82, 2.24) is 20.2 Å². The highest BCUT2D eigenvalue weighted by Crippen LogP contribution is 1.99. The van der Waals surface area contributed by atoms with Gasteiger partial charge in [0.2, 0.25) is 5.91 Å². The van der Waals surface area contributed by atoms with Crippen LogP contribution >= 0.6 is 0 Å². The van der Waals surface area contributed by atoms with Crippen molar-refractivity contribution in [3.63, 3.8) is 0 Å². The summed E-state index contributed by atoms with van der Waals surface area (Å²) in [7, 11) is 1.72. The molecule has 0 unspecified atom stereocenters. The van der Waals surface area contributed by atoms with Gasteiger partial charge in [0.15, 0.2) is 0 Å². The maximum atomic E-state index is 12.0. The molecule has 0 aliphatic heterocycles. The van der Waals surface area contributed by atoms with Gasteiger partial charge in [0, 0.05) is 38.4 Å². The Balaban J connectivity index is 1.76. The van der Waals surface area contributed by atoms with E-state index >= 15 is 0 Å². The lowest BCUT2D eigenvalue weighted by molar-refractivity contribution is -0.128. The third kappa shape index (κ3) is 4.66. The molecule has 114 valence electrons. The van der Waals surface area contributed by atoms with E-state index in [1.54, 1.807) is 42.7 Å². The Morgan fingerprint density at radius 2 is 1.91 bits per heavy atom. The second-order valence-corrected chi connectivity index (χ2v) is 4.85. The van der Waals surface area contributed by atoms with Crippen molar-refractivity contribution < 1.29 is 9.59 Å². The van der Waals surface area contributed by atoms with E-state index in [1.807, 2.05) is 12.1 Å². The monoisotopic (exact) mass is 298 g/mol. The molecule has 0 saturated carbocycles. The van der Waals surface area contributed by atoms with E-state index in [1.165, 1.54) is 6.20 Å².